The maximum absolute atomic E-state index is 12.3. The lowest BCUT2D eigenvalue weighted by Gasteiger charge is -2.10. The molecule has 0 fully saturated rings. The van der Waals surface area contributed by atoms with E-state index in [1.54, 1.807) is 6.92 Å². The van der Waals surface area contributed by atoms with Crippen LogP contribution in [0.2, 0.25) is 0 Å². The number of rotatable bonds is 5. The van der Waals surface area contributed by atoms with Crippen molar-refractivity contribution in [1.82, 2.24) is 5.16 Å². The normalized spacial score (nSPS) is 11.2. The van der Waals surface area contributed by atoms with Crippen LogP contribution in [-0.4, -0.2) is 24.7 Å². The molecule has 0 unspecified atom stereocenters. The largest absolute Gasteiger partial charge is 0.478 e. The molecule has 2 rings (SSSR count). The van der Waals surface area contributed by atoms with E-state index in [0.29, 0.717) is 12.0 Å². The van der Waals surface area contributed by atoms with E-state index in [2.05, 4.69) is 14.4 Å². The quantitative estimate of drug-likeness (QED) is 0.869. The first kappa shape index (κ1) is 14.1. The van der Waals surface area contributed by atoms with Crippen LogP contribution in [-0.2, 0) is 16.4 Å². The SMILES string of the molecule is CCc1ccc(C(=O)O)cc1S(=O)(=O)Nc1ccon1. The van der Waals surface area contributed by atoms with Crippen LogP contribution >= 0.6 is 0 Å². The van der Waals surface area contributed by atoms with Gasteiger partial charge in [0.1, 0.15) is 6.26 Å². The van der Waals surface area contributed by atoms with Crippen molar-refractivity contribution in [2.24, 2.45) is 0 Å². The van der Waals surface area contributed by atoms with Crippen LogP contribution in [0.25, 0.3) is 0 Å². The lowest BCUT2D eigenvalue weighted by Crippen LogP contribution is -2.16. The van der Waals surface area contributed by atoms with Gasteiger partial charge in [0, 0.05) is 6.07 Å². The predicted octanol–water partition coefficient (Wildman–Crippen LogP) is 1.74. The molecule has 0 saturated carbocycles. The van der Waals surface area contributed by atoms with E-state index in [9.17, 15) is 13.2 Å². The summed E-state index contributed by atoms with van der Waals surface area (Å²) in [6, 6.07) is 5.34. The van der Waals surface area contributed by atoms with Gasteiger partial charge in [-0.05, 0) is 24.1 Å². The summed E-state index contributed by atoms with van der Waals surface area (Å²) in [6.07, 6.45) is 1.68. The molecule has 2 aromatic rings. The minimum absolute atomic E-state index is 0.0350. The molecule has 0 spiro atoms. The molecule has 1 aromatic carbocycles. The maximum Gasteiger partial charge on any atom is 0.335 e. The summed E-state index contributed by atoms with van der Waals surface area (Å²) in [5.74, 6) is -1.15. The molecule has 0 atom stereocenters. The average Bonchev–Trinajstić information content (AvgIpc) is 2.90. The third-order valence-corrected chi connectivity index (χ3v) is 4.10. The van der Waals surface area contributed by atoms with E-state index in [-0.39, 0.29) is 16.3 Å². The smallest absolute Gasteiger partial charge is 0.335 e. The van der Waals surface area contributed by atoms with Crippen molar-refractivity contribution < 1.29 is 22.8 Å². The summed E-state index contributed by atoms with van der Waals surface area (Å²) in [7, 11) is -3.92. The van der Waals surface area contributed by atoms with Gasteiger partial charge in [0.15, 0.2) is 5.82 Å². The lowest BCUT2D eigenvalue weighted by atomic mass is 10.1. The number of sulfonamides is 1. The number of hydrogen-bond acceptors (Lipinski definition) is 5. The second kappa shape index (κ2) is 5.33. The molecule has 7 nitrogen and oxygen atoms in total. The van der Waals surface area contributed by atoms with Gasteiger partial charge in [0.05, 0.1) is 10.5 Å². The zero-order valence-corrected chi connectivity index (χ0v) is 11.3. The van der Waals surface area contributed by atoms with Gasteiger partial charge in [-0.2, -0.15) is 0 Å². The van der Waals surface area contributed by atoms with Crippen molar-refractivity contribution in [3.63, 3.8) is 0 Å². The van der Waals surface area contributed by atoms with Crippen LogP contribution in [0.4, 0.5) is 5.82 Å². The number of hydrogen-bond donors (Lipinski definition) is 2. The second-order valence-electron chi connectivity index (χ2n) is 3.97. The Bertz CT molecular complexity index is 722. The molecule has 20 heavy (non-hydrogen) atoms. The Balaban J connectivity index is 2.48. The van der Waals surface area contributed by atoms with Crippen LogP contribution < -0.4 is 4.72 Å². The van der Waals surface area contributed by atoms with Gasteiger partial charge in [-0.25, -0.2) is 13.2 Å². The van der Waals surface area contributed by atoms with Crippen LogP contribution in [0.1, 0.15) is 22.8 Å². The predicted molar refractivity (Wildman–Crippen MR) is 70.1 cm³/mol. The van der Waals surface area contributed by atoms with Gasteiger partial charge in [-0.3, -0.25) is 4.72 Å². The highest BCUT2D eigenvalue weighted by Crippen LogP contribution is 2.21. The van der Waals surface area contributed by atoms with Crippen LogP contribution in [0.15, 0.2) is 39.9 Å². The molecule has 0 aliphatic carbocycles. The fraction of sp³-hybridized carbons (Fsp3) is 0.167. The molecule has 0 aliphatic rings. The van der Waals surface area contributed by atoms with Gasteiger partial charge in [-0.1, -0.05) is 18.1 Å². The molecule has 1 aromatic heterocycles. The Morgan fingerprint density at radius 2 is 2.15 bits per heavy atom. The molecule has 2 N–H and O–H groups in total. The van der Waals surface area contributed by atoms with Gasteiger partial charge in [0.25, 0.3) is 10.0 Å². The first-order valence-corrected chi connectivity index (χ1v) is 7.22. The Morgan fingerprint density at radius 1 is 1.40 bits per heavy atom. The average molecular weight is 296 g/mol. The van der Waals surface area contributed by atoms with Crippen LogP contribution in [0.3, 0.4) is 0 Å². The zero-order valence-electron chi connectivity index (χ0n) is 10.5. The summed E-state index contributed by atoms with van der Waals surface area (Å²) in [5.41, 5.74) is 0.425. The number of nitrogens with one attached hydrogen (secondary N) is 1. The molecule has 0 aliphatic heterocycles. The molecule has 1 heterocycles. The standard InChI is InChI=1S/C12H12N2O5S/c1-2-8-3-4-9(12(15)16)7-10(8)20(17,18)14-11-5-6-19-13-11/h3-7H,2H2,1H3,(H,13,14)(H,15,16). The van der Waals surface area contributed by atoms with E-state index in [0.717, 1.165) is 6.07 Å². The van der Waals surface area contributed by atoms with Gasteiger partial charge < -0.3 is 9.63 Å². The highest BCUT2D eigenvalue weighted by Gasteiger charge is 2.21. The van der Waals surface area contributed by atoms with Gasteiger partial charge >= 0.3 is 5.97 Å². The fourth-order valence-corrected chi connectivity index (χ4v) is 3.02. The number of benzene rings is 1. The Hall–Kier alpha value is -2.35. The number of aromatic nitrogens is 1. The van der Waals surface area contributed by atoms with Crippen molar-refractivity contribution in [2.75, 3.05) is 4.72 Å². The molecular weight excluding hydrogens is 284 g/mol. The molecule has 106 valence electrons. The third-order valence-electron chi connectivity index (χ3n) is 2.66. The van der Waals surface area contributed by atoms with Gasteiger partial charge in [0.2, 0.25) is 0 Å². The zero-order chi connectivity index (χ0) is 14.8. The first-order chi connectivity index (χ1) is 9.44. The van der Waals surface area contributed by atoms with Gasteiger partial charge in [-0.15, -0.1) is 0 Å². The van der Waals surface area contributed by atoms with E-state index in [1.807, 2.05) is 0 Å². The van der Waals surface area contributed by atoms with Crippen molar-refractivity contribution >= 4 is 21.8 Å². The molecular formula is C12H12N2O5S. The molecule has 0 radical (unpaired) electrons. The Kier molecular flexibility index (Phi) is 3.75. The summed E-state index contributed by atoms with van der Waals surface area (Å²) in [6.45, 7) is 1.78. The monoisotopic (exact) mass is 296 g/mol. The minimum atomic E-state index is -3.92. The number of carboxylic acids is 1. The van der Waals surface area contributed by atoms with Crippen molar-refractivity contribution in [3.05, 3.63) is 41.7 Å². The second-order valence-corrected chi connectivity index (χ2v) is 5.62. The summed E-state index contributed by atoms with van der Waals surface area (Å²) >= 11 is 0. The number of aromatic carboxylic acids is 1. The van der Waals surface area contributed by atoms with Crippen molar-refractivity contribution in [3.8, 4) is 0 Å². The van der Waals surface area contributed by atoms with E-state index >= 15 is 0 Å². The van der Waals surface area contributed by atoms with Crippen molar-refractivity contribution in [1.29, 1.82) is 0 Å². The van der Waals surface area contributed by atoms with E-state index in [4.69, 9.17) is 5.11 Å². The number of carboxylic acid groups (broad SMARTS) is 1. The summed E-state index contributed by atoms with van der Waals surface area (Å²) < 4.78 is 31.3. The fourth-order valence-electron chi connectivity index (χ4n) is 1.69. The molecule has 0 bridgehead atoms. The number of aryl methyl sites for hydroxylation is 1. The number of carbonyl (C=O) groups is 1. The van der Waals surface area contributed by atoms with E-state index in [1.165, 1.54) is 24.5 Å². The number of nitrogens with zero attached hydrogens (tertiary/aromatic N) is 1. The third kappa shape index (κ3) is 2.80. The molecule has 0 saturated heterocycles. The summed E-state index contributed by atoms with van der Waals surface area (Å²) in [4.78, 5) is 10.9. The summed E-state index contributed by atoms with van der Waals surface area (Å²) in [5, 5.41) is 12.4. The number of anilines is 1. The maximum atomic E-state index is 12.3. The topological polar surface area (TPSA) is 110 Å². The Morgan fingerprint density at radius 3 is 2.70 bits per heavy atom. The van der Waals surface area contributed by atoms with Crippen molar-refractivity contribution in [2.45, 2.75) is 18.2 Å². The lowest BCUT2D eigenvalue weighted by molar-refractivity contribution is 0.0696. The highest BCUT2D eigenvalue weighted by molar-refractivity contribution is 7.92. The Labute approximate surface area is 115 Å². The first-order valence-electron chi connectivity index (χ1n) is 5.73. The highest BCUT2D eigenvalue weighted by atomic mass is 32.2. The van der Waals surface area contributed by atoms with Crippen LogP contribution in [0, 0.1) is 0 Å². The van der Waals surface area contributed by atoms with Crippen LogP contribution in [0.5, 0.6) is 0 Å². The molecule has 0 amide bonds. The molecule has 8 heteroatoms. The minimum Gasteiger partial charge on any atom is -0.478 e. The van der Waals surface area contributed by atoms with E-state index < -0.39 is 16.0 Å².